The number of esters is 1. The van der Waals surface area contributed by atoms with Crippen molar-refractivity contribution >= 4 is 29.4 Å². The zero-order valence-corrected chi connectivity index (χ0v) is 12.8. The van der Waals surface area contributed by atoms with E-state index in [0.717, 1.165) is 5.56 Å². The molecule has 2 aromatic rings. The van der Waals surface area contributed by atoms with Gasteiger partial charge in [-0.1, -0.05) is 41.9 Å². The summed E-state index contributed by atoms with van der Waals surface area (Å²) in [5.74, 6) is -0.822. The van der Waals surface area contributed by atoms with Gasteiger partial charge in [0.1, 0.15) is 0 Å². The number of benzene rings is 2. The Balaban J connectivity index is 1.94. The molecule has 1 atom stereocenters. The summed E-state index contributed by atoms with van der Waals surface area (Å²) in [6.45, 7) is 1.55. The van der Waals surface area contributed by atoms with Crippen LogP contribution in [0.5, 0.6) is 0 Å². The highest BCUT2D eigenvalue weighted by Crippen LogP contribution is 2.12. The lowest BCUT2D eigenvalue weighted by Crippen LogP contribution is -2.23. The van der Waals surface area contributed by atoms with Gasteiger partial charge in [0, 0.05) is 16.7 Å². The Kier molecular flexibility index (Phi) is 5.50. The molecule has 0 saturated heterocycles. The van der Waals surface area contributed by atoms with Gasteiger partial charge >= 0.3 is 5.97 Å². The molecular formula is C18H15ClO3. The molecule has 4 heteroatoms. The van der Waals surface area contributed by atoms with Crippen molar-refractivity contribution < 1.29 is 14.3 Å². The minimum Gasteiger partial charge on any atom is -0.451 e. The molecule has 0 N–H and O–H groups in total. The predicted molar refractivity (Wildman–Crippen MR) is 86.8 cm³/mol. The number of ether oxygens (including phenoxy) is 1. The van der Waals surface area contributed by atoms with Crippen molar-refractivity contribution in [2.75, 3.05) is 0 Å². The molecule has 112 valence electrons. The third kappa shape index (κ3) is 4.57. The Labute approximate surface area is 134 Å². The van der Waals surface area contributed by atoms with Crippen molar-refractivity contribution in [1.82, 2.24) is 0 Å². The predicted octanol–water partition coefficient (Wildman–Crippen LogP) is 4.17. The summed E-state index contributed by atoms with van der Waals surface area (Å²) in [5.41, 5.74) is 1.34. The van der Waals surface area contributed by atoms with E-state index in [9.17, 15) is 9.59 Å². The molecule has 2 rings (SSSR count). The van der Waals surface area contributed by atoms with Gasteiger partial charge in [0.05, 0.1) is 0 Å². The highest BCUT2D eigenvalue weighted by atomic mass is 35.5. The molecule has 22 heavy (non-hydrogen) atoms. The number of Topliss-reactive ketones (excluding diaryl/α,β-unsaturated/α-hetero) is 1. The van der Waals surface area contributed by atoms with Gasteiger partial charge in [-0.2, -0.15) is 0 Å². The first-order valence-corrected chi connectivity index (χ1v) is 7.17. The zero-order chi connectivity index (χ0) is 15.9. The number of hydrogen-bond donors (Lipinski definition) is 0. The molecule has 1 unspecified atom stereocenters. The summed E-state index contributed by atoms with van der Waals surface area (Å²) in [7, 11) is 0. The third-order valence-electron chi connectivity index (χ3n) is 3.00. The maximum atomic E-state index is 12.1. The van der Waals surface area contributed by atoms with Crippen LogP contribution in [0, 0.1) is 0 Å². The highest BCUT2D eigenvalue weighted by molar-refractivity contribution is 6.30. The topological polar surface area (TPSA) is 43.4 Å². The lowest BCUT2D eigenvalue weighted by molar-refractivity contribution is -0.140. The van der Waals surface area contributed by atoms with Gasteiger partial charge in [-0.05, 0) is 42.8 Å². The smallest absolute Gasteiger partial charge is 0.331 e. The van der Waals surface area contributed by atoms with Crippen molar-refractivity contribution in [3.63, 3.8) is 0 Å². The van der Waals surface area contributed by atoms with E-state index >= 15 is 0 Å². The molecule has 0 aliphatic carbocycles. The Morgan fingerprint density at radius 2 is 1.68 bits per heavy atom. The standard InChI is InChI=1S/C18H15ClO3/c1-13(18(21)15-8-10-16(19)11-9-15)22-17(20)12-7-14-5-3-2-4-6-14/h2-13H,1H3. The second-order valence-corrected chi connectivity index (χ2v) is 5.13. The first kappa shape index (κ1) is 16.0. The van der Waals surface area contributed by atoms with Crippen molar-refractivity contribution in [2.45, 2.75) is 13.0 Å². The van der Waals surface area contributed by atoms with Crippen LogP contribution in [-0.2, 0) is 9.53 Å². The van der Waals surface area contributed by atoms with Crippen molar-refractivity contribution in [2.24, 2.45) is 0 Å². The molecule has 0 heterocycles. The molecular weight excluding hydrogens is 300 g/mol. The van der Waals surface area contributed by atoms with Gasteiger partial charge in [0.15, 0.2) is 6.10 Å². The van der Waals surface area contributed by atoms with E-state index in [4.69, 9.17) is 16.3 Å². The number of carbonyl (C=O) groups is 2. The van der Waals surface area contributed by atoms with Crippen molar-refractivity contribution in [3.05, 3.63) is 76.8 Å². The van der Waals surface area contributed by atoms with Gasteiger partial charge in [-0.3, -0.25) is 4.79 Å². The molecule has 0 aliphatic heterocycles. The van der Waals surface area contributed by atoms with Crippen LogP contribution in [0.2, 0.25) is 5.02 Å². The van der Waals surface area contributed by atoms with E-state index in [2.05, 4.69) is 0 Å². The fourth-order valence-corrected chi connectivity index (χ4v) is 1.97. The van der Waals surface area contributed by atoms with E-state index in [1.165, 1.54) is 6.08 Å². The van der Waals surface area contributed by atoms with Crippen LogP contribution in [0.15, 0.2) is 60.7 Å². The Bertz CT molecular complexity index is 675. The summed E-state index contributed by atoms with van der Waals surface area (Å²) in [6, 6.07) is 15.8. The number of carbonyl (C=O) groups excluding carboxylic acids is 2. The van der Waals surface area contributed by atoms with Gasteiger partial charge in [0.25, 0.3) is 0 Å². The van der Waals surface area contributed by atoms with Crippen LogP contribution in [0.25, 0.3) is 6.08 Å². The summed E-state index contributed by atoms with van der Waals surface area (Å²) in [4.78, 5) is 23.9. The monoisotopic (exact) mass is 314 g/mol. The van der Waals surface area contributed by atoms with Crippen LogP contribution in [0.4, 0.5) is 0 Å². The number of rotatable bonds is 5. The Morgan fingerprint density at radius 3 is 2.32 bits per heavy atom. The second-order valence-electron chi connectivity index (χ2n) is 4.69. The SMILES string of the molecule is CC(OC(=O)C=Cc1ccccc1)C(=O)c1ccc(Cl)cc1. The maximum absolute atomic E-state index is 12.1. The summed E-state index contributed by atoms with van der Waals surface area (Å²) >= 11 is 5.77. The number of halogens is 1. The van der Waals surface area contributed by atoms with Crippen LogP contribution in [0.3, 0.4) is 0 Å². The fourth-order valence-electron chi connectivity index (χ4n) is 1.84. The third-order valence-corrected chi connectivity index (χ3v) is 3.25. The first-order chi connectivity index (χ1) is 10.6. The lowest BCUT2D eigenvalue weighted by atomic mass is 10.1. The normalized spacial score (nSPS) is 12.1. The van der Waals surface area contributed by atoms with E-state index < -0.39 is 12.1 Å². The molecule has 0 radical (unpaired) electrons. The number of hydrogen-bond acceptors (Lipinski definition) is 3. The van der Waals surface area contributed by atoms with E-state index in [1.807, 2.05) is 30.3 Å². The van der Waals surface area contributed by atoms with Gasteiger partial charge in [-0.25, -0.2) is 4.79 Å². The largest absolute Gasteiger partial charge is 0.451 e. The van der Waals surface area contributed by atoms with Crippen LogP contribution < -0.4 is 0 Å². The fraction of sp³-hybridized carbons (Fsp3) is 0.111. The average molecular weight is 315 g/mol. The van der Waals surface area contributed by atoms with Crippen LogP contribution >= 0.6 is 11.6 Å². The van der Waals surface area contributed by atoms with Crippen molar-refractivity contribution in [3.8, 4) is 0 Å². The van der Waals surface area contributed by atoms with E-state index in [0.29, 0.717) is 10.6 Å². The molecule has 0 aromatic heterocycles. The van der Waals surface area contributed by atoms with Gasteiger partial charge in [-0.15, -0.1) is 0 Å². The highest BCUT2D eigenvalue weighted by Gasteiger charge is 2.18. The lowest BCUT2D eigenvalue weighted by Gasteiger charge is -2.10. The Morgan fingerprint density at radius 1 is 1.05 bits per heavy atom. The quantitative estimate of drug-likeness (QED) is 0.472. The number of ketones is 1. The van der Waals surface area contributed by atoms with Gasteiger partial charge < -0.3 is 4.74 Å². The minimum atomic E-state index is -0.853. The molecule has 0 bridgehead atoms. The Hall–Kier alpha value is -2.39. The summed E-state index contributed by atoms with van der Waals surface area (Å²) < 4.78 is 5.11. The average Bonchev–Trinajstić information content (AvgIpc) is 2.54. The van der Waals surface area contributed by atoms with Gasteiger partial charge in [0.2, 0.25) is 5.78 Å². The van der Waals surface area contributed by atoms with Crippen LogP contribution in [0.1, 0.15) is 22.8 Å². The minimum absolute atomic E-state index is 0.266. The first-order valence-electron chi connectivity index (χ1n) is 6.80. The molecule has 0 spiro atoms. The summed E-state index contributed by atoms with van der Waals surface area (Å²) in [5, 5.41) is 0.548. The zero-order valence-electron chi connectivity index (χ0n) is 12.0. The summed E-state index contributed by atoms with van der Waals surface area (Å²) in [6.07, 6.45) is 2.09. The molecule has 3 nitrogen and oxygen atoms in total. The molecule has 0 fully saturated rings. The van der Waals surface area contributed by atoms with E-state index in [1.54, 1.807) is 37.3 Å². The maximum Gasteiger partial charge on any atom is 0.331 e. The molecule has 0 amide bonds. The van der Waals surface area contributed by atoms with Crippen LogP contribution in [-0.4, -0.2) is 17.9 Å². The molecule has 2 aromatic carbocycles. The second kappa shape index (κ2) is 7.57. The molecule has 0 aliphatic rings. The molecule has 0 saturated carbocycles. The van der Waals surface area contributed by atoms with E-state index in [-0.39, 0.29) is 5.78 Å². The van der Waals surface area contributed by atoms with Crippen molar-refractivity contribution in [1.29, 1.82) is 0 Å².